The predicted octanol–water partition coefficient (Wildman–Crippen LogP) is 3.39. The maximum absolute atomic E-state index is 5.99. The number of hydrogen-bond donors (Lipinski definition) is 1. The Morgan fingerprint density at radius 2 is 2.06 bits per heavy atom. The van der Waals surface area contributed by atoms with Crippen LogP contribution in [0.25, 0.3) is 11.5 Å². The number of furan rings is 1. The van der Waals surface area contributed by atoms with E-state index in [1.807, 2.05) is 29.9 Å². The molecule has 4 nitrogen and oxygen atoms in total. The van der Waals surface area contributed by atoms with Gasteiger partial charge in [0, 0.05) is 6.20 Å². The fraction of sp³-hybridized carbons (Fsp3) is 0.462. The maximum Gasteiger partial charge on any atom is 0.156 e. The molecule has 2 heterocycles. The van der Waals surface area contributed by atoms with Crippen LogP contribution < -0.4 is 5.73 Å². The molecule has 0 spiro atoms. The lowest BCUT2D eigenvalue weighted by atomic mass is 10.2. The van der Waals surface area contributed by atoms with E-state index in [1.54, 1.807) is 0 Å². The van der Waals surface area contributed by atoms with Crippen molar-refractivity contribution in [2.75, 3.05) is 5.73 Å². The van der Waals surface area contributed by atoms with Crippen LogP contribution >= 0.6 is 0 Å². The summed E-state index contributed by atoms with van der Waals surface area (Å²) in [6.07, 6.45) is 3.99. The van der Waals surface area contributed by atoms with Crippen LogP contribution in [0.1, 0.15) is 38.5 Å². The molecule has 2 rings (SSSR count). The third kappa shape index (κ3) is 2.20. The number of aryl methyl sites for hydroxylation is 1. The van der Waals surface area contributed by atoms with Gasteiger partial charge in [-0.15, -0.1) is 0 Å². The molecule has 17 heavy (non-hydrogen) atoms. The van der Waals surface area contributed by atoms with Crippen molar-refractivity contribution in [2.45, 2.75) is 39.7 Å². The topological polar surface area (TPSA) is 57.0 Å². The number of nitrogens with two attached hydrogens (primary N) is 1. The summed E-state index contributed by atoms with van der Waals surface area (Å²) >= 11 is 0. The minimum atomic E-state index is 0.405. The number of anilines is 1. The second kappa shape index (κ2) is 4.65. The normalized spacial score (nSPS) is 11.3. The largest absolute Gasteiger partial charge is 0.460 e. The first-order valence-electron chi connectivity index (χ1n) is 6.07. The second-order valence-electron chi connectivity index (χ2n) is 4.29. The fourth-order valence-corrected chi connectivity index (χ4v) is 2.01. The Hall–Kier alpha value is -1.71. The minimum absolute atomic E-state index is 0.405. The van der Waals surface area contributed by atoms with Crippen LogP contribution in [-0.4, -0.2) is 9.78 Å². The highest BCUT2D eigenvalue weighted by atomic mass is 16.3. The van der Waals surface area contributed by atoms with Crippen molar-refractivity contribution in [3.05, 3.63) is 24.1 Å². The molecule has 0 saturated heterocycles. The number of hydrogen-bond acceptors (Lipinski definition) is 3. The van der Waals surface area contributed by atoms with Crippen molar-refractivity contribution in [3.63, 3.8) is 0 Å². The van der Waals surface area contributed by atoms with Crippen molar-refractivity contribution in [1.29, 1.82) is 0 Å². The highest BCUT2D eigenvalue weighted by Gasteiger charge is 2.15. The monoisotopic (exact) mass is 233 g/mol. The van der Waals surface area contributed by atoms with Crippen LogP contribution in [0.15, 0.2) is 22.7 Å². The summed E-state index contributed by atoms with van der Waals surface area (Å²) in [6.45, 7) is 6.23. The quantitative estimate of drug-likeness (QED) is 0.880. The van der Waals surface area contributed by atoms with E-state index in [1.165, 1.54) is 0 Å². The number of rotatable bonds is 4. The molecule has 2 N–H and O–H groups in total. The van der Waals surface area contributed by atoms with Gasteiger partial charge in [-0.25, -0.2) is 0 Å². The van der Waals surface area contributed by atoms with Gasteiger partial charge in [0.1, 0.15) is 5.76 Å². The van der Waals surface area contributed by atoms with E-state index in [0.29, 0.717) is 11.7 Å². The van der Waals surface area contributed by atoms with Crippen molar-refractivity contribution in [3.8, 4) is 11.5 Å². The zero-order valence-corrected chi connectivity index (χ0v) is 10.6. The second-order valence-corrected chi connectivity index (χ2v) is 4.29. The molecule has 0 atom stereocenters. The molecule has 0 aromatic carbocycles. The number of aromatic nitrogens is 2. The molecular weight excluding hydrogens is 214 g/mol. The molecule has 0 amide bonds. The summed E-state index contributed by atoms with van der Waals surface area (Å²) in [4.78, 5) is 0. The third-order valence-electron chi connectivity index (χ3n) is 3.05. The van der Waals surface area contributed by atoms with Gasteiger partial charge in [0.25, 0.3) is 0 Å². The van der Waals surface area contributed by atoms with Crippen LogP contribution in [-0.2, 0) is 0 Å². The first-order valence-corrected chi connectivity index (χ1v) is 6.07. The van der Waals surface area contributed by atoms with E-state index in [9.17, 15) is 0 Å². The van der Waals surface area contributed by atoms with Crippen molar-refractivity contribution < 1.29 is 4.42 Å². The first kappa shape index (κ1) is 11.8. The number of nitrogen functional groups attached to an aromatic ring is 1. The Morgan fingerprint density at radius 1 is 1.35 bits per heavy atom. The van der Waals surface area contributed by atoms with E-state index in [-0.39, 0.29) is 0 Å². The zero-order chi connectivity index (χ0) is 12.4. The Kier molecular flexibility index (Phi) is 3.22. The van der Waals surface area contributed by atoms with Crippen molar-refractivity contribution >= 4 is 5.69 Å². The third-order valence-corrected chi connectivity index (χ3v) is 3.05. The molecule has 0 aliphatic rings. The molecule has 0 aliphatic carbocycles. The lowest BCUT2D eigenvalue weighted by Gasteiger charge is -2.11. The summed E-state index contributed by atoms with van der Waals surface area (Å²) in [5.41, 5.74) is 7.40. The van der Waals surface area contributed by atoms with Crippen LogP contribution in [0.3, 0.4) is 0 Å². The van der Waals surface area contributed by atoms with E-state index in [2.05, 4.69) is 18.9 Å². The van der Waals surface area contributed by atoms with Gasteiger partial charge >= 0.3 is 0 Å². The highest BCUT2D eigenvalue weighted by Crippen LogP contribution is 2.28. The van der Waals surface area contributed by atoms with Crippen LogP contribution in [0.2, 0.25) is 0 Å². The minimum Gasteiger partial charge on any atom is -0.460 e. The predicted molar refractivity (Wildman–Crippen MR) is 68.7 cm³/mol. The summed E-state index contributed by atoms with van der Waals surface area (Å²) in [7, 11) is 0. The van der Waals surface area contributed by atoms with E-state index < -0.39 is 0 Å². The molecule has 0 aliphatic heterocycles. The van der Waals surface area contributed by atoms with E-state index in [4.69, 9.17) is 10.2 Å². The highest BCUT2D eigenvalue weighted by molar-refractivity contribution is 5.67. The van der Waals surface area contributed by atoms with Gasteiger partial charge in [-0.05, 0) is 31.9 Å². The Labute approximate surface area is 101 Å². The van der Waals surface area contributed by atoms with Gasteiger partial charge in [0.15, 0.2) is 11.5 Å². The average Bonchev–Trinajstić information content (AvgIpc) is 2.87. The van der Waals surface area contributed by atoms with E-state index in [0.717, 1.165) is 30.1 Å². The van der Waals surface area contributed by atoms with E-state index >= 15 is 0 Å². The average molecular weight is 233 g/mol. The standard InChI is InChI=1S/C13H19N3O/c1-4-10(5-2)16-8-11(14)13(15-16)12-7-6-9(3)17-12/h6-8,10H,4-5,14H2,1-3H3. The smallest absolute Gasteiger partial charge is 0.156 e. The molecular formula is C13H19N3O. The molecule has 0 radical (unpaired) electrons. The molecule has 0 bridgehead atoms. The van der Waals surface area contributed by atoms with Crippen LogP contribution in [0, 0.1) is 6.92 Å². The Balaban J connectivity index is 2.37. The van der Waals surface area contributed by atoms with Gasteiger partial charge in [-0.1, -0.05) is 13.8 Å². The van der Waals surface area contributed by atoms with Crippen molar-refractivity contribution in [2.24, 2.45) is 0 Å². The van der Waals surface area contributed by atoms with Gasteiger partial charge in [0.2, 0.25) is 0 Å². The fourth-order valence-electron chi connectivity index (χ4n) is 2.01. The van der Waals surface area contributed by atoms with Gasteiger partial charge in [-0.2, -0.15) is 5.10 Å². The zero-order valence-electron chi connectivity index (χ0n) is 10.6. The van der Waals surface area contributed by atoms with Crippen LogP contribution in [0.5, 0.6) is 0 Å². The summed E-state index contributed by atoms with van der Waals surface area (Å²) in [5, 5.41) is 4.53. The van der Waals surface area contributed by atoms with Gasteiger partial charge in [0.05, 0.1) is 11.7 Å². The summed E-state index contributed by atoms with van der Waals surface area (Å²) in [6, 6.07) is 4.23. The summed E-state index contributed by atoms with van der Waals surface area (Å²) in [5.74, 6) is 1.61. The first-order chi connectivity index (χ1) is 8.15. The molecule has 2 aromatic heterocycles. The number of nitrogens with zero attached hydrogens (tertiary/aromatic N) is 2. The Bertz CT molecular complexity index is 494. The van der Waals surface area contributed by atoms with Gasteiger partial charge in [-0.3, -0.25) is 4.68 Å². The lowest BCUT2D eigenvalue weighted by Crippen LogP contribution is -2.07. The molecule has 2 aromatic rings. The SMILES string of the molecule is CCC(CC)n1cc(N)c(-c2ccc(C)o2)n1. The molecule has 0 unspecified atom stereocenters. The maximum atomic E-state index is 5.99. The Morgan fingerprint density at radius 3 is 2.59 bits per heavy atom. The molecule has 0 saturated carbocycles. The molecule has 0 fully saturated rings. The lowest BCUT2D eigenvalue weighted by molar-refractivity contribution is 0.428. The van der Waals surface area contributed by atoms with Crippen molar-refractivity contribution in [1.82, 2.24) is 9.78 Å². The van der Waals surface area contributed by atoms with Crippen LogP contribution in [0.4, 0.5) is 5.69 Å². The molecule has 4 heteroatoms. The van der Waals surface area contributed by atoms with Gasteiger partial charge < -0.3 is 10.2 Å². The summed E-state index contributed by atoms with van der Waals surface area (Å²) < 4.78 is 7.50. The molecule has 92 valence electrons.